The van der Waals surface area contributed by atoms with Gasteiger partial charge in [-0.15, -0.1) is 0 Å². The van der Waals surface area contributed by atoms with Crippen LogP contribution in [0.25, 0.3) is 0 Å². The zero-order valence-electron chi connectivity index (χ0n) is 8.71. The fourth-order valence-corrected chi connectivity index (χ4v) is 1.79. The van der Waals surface area contributed by atoms with Crippen molar-refractivity contribution in [2.75, 3.05) is 14.1 Å². The first-order valence-corrected chi connectivity index (χ1v) is 4.84. The second-order valence-electron chi connectivity index (χ2n) is 3.94. The highest BCUT2D eigenvalue weighted by molar-refractivity contribution is 5.82. The van der Waals surface area contributed by atoms with E-state index in [0.717, 1.165) is 19.3 Å². The second kappa shape index (κ2) is 4.30. The van der Waals surface area contributed by atoms with Crippen LogP contribution in [-0.2, 0) is 0 Å². The SMILES string of the molecule is CN(C)C(=O)NC1CCCC1C(=N)N. The van der Waals surface area contributed by atoms with Crippen LogP contribution in [0.2, 0.25) is 0 Å². The number of hydrogen-bond acceptors (Lipinski definition) is 2. The lowest BCUT2D eigenvalue weighted by molar-refractivity contribution is 0.212. The summed E-state index contributed by atoms with van der Waals surface area (Å²) in [5.74, 6) is 0.213. The van der Waals surface area contributed by atoms with Crippen LogP contribution in [0.15, 0.2) is 0 Å². The van der Waals surface area contributed by atoms with Crippen molar-refractivity contribution in [3.8, 4) is 0 Å². The van der Waals surface area contributed by atoms with Crippen molar-refractivity contribution in [2.24, 2.45) is 11.7 Å². The summed E-state index contributed by atoms with van der Waals surface area (Å²) in [6, 6.07) is -0.0643. The zero-order valence-corrected chi connectivity index (χ0v) is 8.71. The Kier molecular flexibility index (Phi) is 3.33. The molecule has 0 aromatic carbocycles. The average Bonchev–Trinajstić information content (AvgIpc) is 2.52. The zero-order chi connectivity index (χ0) is 10.7. The topological polar surface area (TPSA) is 82.2 Å². The van der Waals surface area contributed by atoms with Crippen molar-refractivity contribution in [1.82, 2.24) is 10.2 Å². The van der Waals surface area contributed by atoms with Gasteiger partial charge in [-0.25, -0.2) is 4.79 Å². The van der Waals surface area contributed by atoms with E-state index in [1.807, 2.05) is 0 Å². The quantitative estimate of drug-likeness (QED) is 0.442. The van der Waals surface area contributed by atoms with E-state index in [1.54, 1.807) is 14.1 Å². The van der Waals surface area contributed by atoms with Crippen molar-refractivity contribution in [3.63, 3.8) is 0 Å². The van der Waals surface area contributed by atoms with Crippen molar-refractivity contribution in [1.29, 1.82) is 5.41 Å². The summed E-state index contributed by atoms with van der Waals surface area (Å²) >= 11 is 0. The molecular formula is C9H18N4O. The van der Waals surface area contributed by atoms with Crippen LogP contribution in [0, 0.1) is 11.3 Å². The summed E-state index contributed by atoms with van der Waals surface area (Å²) < 4.78 is 0. The Hall–Kier alpha value is -1.26. The maximum atomic E-state index is 11.4. The number of urea groups is 1. The molecule has 0 radical (unpaired) electrons. The van der Waals surface area contributed by atoms with E-state index < -0.39 is 0 Å². The molecule has 2 atom stereocenters. The van der Waals surface area contributed by atoms with Crippen LogP contribution in [0.3, 0.4) is 0 Å². The number of carbonyl (C=O) groups is 1. The number of amidine groups is 1. The summed E-state index contributed by atoms with van der Waals surface area (Å²) in [5.41, 5.74) is 5.46. The number of rotatable bonds is 2. The molecule has 1 aliphatic rings. The summed E-state index contributed by atoms with van der Waals surface area (Å²) in [5, 5.41) is 10.3. The molecule has 0 aromatic heterocycles. The first-order chi connectivity index (χ1) is 6.52. The molecule has 0 bridgehead atoms. The van der Waals surface area contributed by atoms with Gasteiger partial charge in [-0.05, 0) is 12.8 Å². The fraction of sp³-hybridized carbons (Fsp3) is 0.778. The first kappa shape index (κ1) is 10.8. The van der Waals surface area contributed by atoms with E-state index in [0.29, 0.717) is 0 Å². The van der Waals surface area contributed by atoms with E-state index >= 15 is 0 Å². The van der Waals surface area contributed by atoms with Gasteiger partial charge in [0.15, 0.2) is 0 Å². The highest BCUT2D eigenvalue weighted by Crippen LogP contribution is 2.25. The smallest absolute Gasteiger partial charge is 0.317 e. The summed E-state index contributed by atoms with van der Waals surface area (Å²) in [6.07, 6.45) is 2.86. The number of amides is 2. The van der Waals surface area contributed by atoms with Gasteiger partial charge in [-0.3, -0.25) is 5.41 Å². The molecule has 1 fully saturated rings. The minimum atomic E-state index is -0.108. The molecule has 80 valence electrons. The van der Waals surface area contributed by atoms with Crippen LogP contribution in [0.4, 0.5) is 4.79 Å². The molecule has 1 aliphatic carbocycles. The van der Waals surface area contributed by atoms with Gasteiger partial charge in [0.25, 0.3) is 0 Å². The highest BCUT2D eigenvalue weighted by atomic mass is 16.2. The van der Waals surface area contributed by atoms with Crippen LogP contribution in [0.1, 0.15) is 19.3 Å². The Morgan fingerprint density at radius 1 is 1.50 bits per heavy atom. The van der Waals surface area contributed by atoms with Crippen LogP contribution >= 0.6 is 0 Å². The first-order valence-electron chi connectivity index (χ1n) is 4.84. The summed E-state index contributed by atoms with van der Waals surface area (Å²) in [7, 11) is 3.40. The lowest BCUT2D eigenvalue weighted by Gasteiger charge is -2.22. The van der Waals surface area contributed by atoms with Gasteiger partial charge in [0.2, 0.25) is 0 Å². The molecule has 2 amide bonds. The molecule has 5 heteroatoms. The van der Waals surface area contributed by atoms with Crippen LogP contribution in [0.5, 0.6) is 0 Å². The van der Waals surface area contributed by atoms with Crippen LogP contribution in [-0.4, -0.2) is 36.9 Å². The molecule has 0 saturated heterocycles. The van der Waals surface area contributed by atoms with Crippen LogP contribution < -0.4 is 11.1 Å². The predicted molar refractivity (Wildman–Crippen MR) is 55.3 cm³/mol. The number of nitrogens with one attached hydrogen (secondary N) is 2. The Morgan fingerprint density at radius 3 is 2.64 bits per heavy atom. The molecule has 1 rings (SSSR count). The van der Waals surface area contributed by atoms with Gasteiger partial charge >= 0.3 is 6.03 Å². The van der Waals surface area contributed by atoms with Gasteiger partial charge in [0.1, 0.15) is 0 Å². The maximum absolute atomic E-state index is 11.4. The largest absolute Gasteiger partial charge is 0.387 e. The molecule has 1 saturated carbocycles. The van der Waals surface area contributed by atoms with Crippen molar-refractivity contribution >= 4 is 11.9 Å². The fourth-order valence-electron chi connectivity index (χ4n) is 1.79. The molecule has 0 heterocycles. The average molecular weight is 198 g/mol. The Labute approximate surface area is 84.1 Å². The molecule has 2 unspecified atom stereocenters. The van der Waals surface area contributed by atoms with Crippen molar-refractivity contribution < 1.29 is 4.79 Å². The van der Waals surface area contributed by atoms with Gasteiger partial charge in [-0.1, -0.05) is 6.42 Å². The Bertz CT molecular complexity index is 239. The Morgan fingerprint density at radius 2 is 2.14 bits per heavy atom. The third kappa shape index (κ3) is 2.37. The third-order valence-electron chi connectivity index (χ3n) is 2.63. The Balaban J connectivity index is 2.51. The molecule has 14 heavy (non-hydrogen) atoms. The number of carbonyl (C=O) groups excluding carboxylic acids is 1. The second-order valence-corrected chi connectivity index (χ2v) is 3.94. The standard InChI is InChI=1S/C9H18N4O/c1-13(2)9(14)12-7-5-3-4-6(7)8(10)11/h6-7H,3-5H2,1-2H3,(H3,10,11)(H,12,14). The minimum absolute atomic E-state index is 0.0268. The molecular weight excluding hydrogens is 180 g/mol. The third-order valence-corrected chi connectivity index (χ3v) is 2.63. The summed E-state index contributed by atoms with van der Waals surface area (Å²) in [4.78, 5) is 12.9. The molecule has 0 spiro atoms. The predicted octanol–water partition coefficient (Wildman–Crippen LogP) is 0.362. The lowest BCUT2D eigenvalue weighted by atomic mass is 10.0. The molecule has 0 aliphatic heterocycles. The van der Waals surface area contributed by atoms with E-state index in [1.165, 1.54) is 4.90 Å². The monoisotopic (exact) mass is 198 g/mol. The summed E-state index contributed by atoms with van der Waals surface area (Å²) in [6.45, 7) is 0. The lowest BCUT2D eigenvalue weighted by Crippen LogP contribution is -2.45. The number of hydrogen-bond donors (Lipinski definition) is 3. The van der Waals surface area contributed by atoms with E-state index in [9.17, 15) is 4.79 Å². The van der Waals surface area contributed by atoms with Crippen molar-refractivity contribution in [3.05, 3.63) is 0 Å². The molecule has 0 aromatic rings. The number of nitrogens with zero attached hydrogens (tertiary/aromatic N) is 1. The van der Waals surface area contributed by atoms with E-state index in [4.69, 9.17) is 11.1 Å². The van der Waals surface area contributed by atoms with Gasteiger partial charge in [-0.2, -0.15) is 0 Å². The van der Waals surface area contributed by atoms with E-state index in [-0.39, 0.29) is 23.8 Å². The highest BCUT2D eigenvalue weighted by Gasteiger charge is 2.30. The van der Waals surface area contributed by atoms with Gasteiger partial charge in [0, 0.05) is 26.1 Å². The van der Waals surface area contributed by atoms with Gasteiger partial charge in [0.05, 0.1) is 5.84 Å². The molecule has 4 N–H and O–H groups in total. The van der Waals surface area contributed by atoms with Crippen molar-refractivity contribution in [2.45, 2.75) is 25.3 Å². The minimum Gasteiger partial charge on any atom is -0.387 e. The maximum Gasteiger partial charge on any atom is 0.317 e. The normalized spacial score (nSPS) is 25.9. The number of nitrogens with two attached hydrogens (primary N) is 1. The van der Waals surface area contributed by atoms with E-state index in [2.05, 4.69) is 5.32 Å². The molecule has 5 nitrogen and oxygen atoms in total. The van der Waals surface area contributed by atoms with Gasteiger partial charge < -0.3 is 16.0 Å².